The van der Waals surface area contributed by atoms with E-state index >= 15 is 0 Å². The molecule has 1 aliphatic heterocycles. The Morgan fingerprint density at radius 3 is 2.30 bits per heavy atom. The number of carbonyl (C=O) groups excluding carboxylic acids is 1. The number of methoxy groups -OCH3 is 1. The second-order valence-corrected chi connectivity index (χ2v) is 11.3. The van der Waals surface area contributed by atoms with Crippen molar-refractivity contribution in [2.24, 2.45) is 0 Å². The molecular formula is C20H24N2O6S2. The Morgan fingerprint density at radius 1 is 1.13 bits per heavy atom. The first-order valence-electron chi connectivity index (χ1n) is 9.34. The highest BCUT2D eigenvalue weighted by atomic mass is 32.2. The number of rotatable bonds is 7. The van der Waals surface area contributed by atoms with E-state index in [1.54, 1.807) is 36.4 Å². The van der Waals surface area contributed by atoms with E-state index in [4.69, 9.17) is 4.74 Å². The second kappa shape index (κ2) is 8.65. The largest absolute Gasteiger partial charge is 0.497 e. The van der Waals surface area contributed by atoms with E-state index in [0.29, 0.717) is 17.9 Å². The minimum absolute atomic E-state index is 0.0157. The molecule has 162 valence electrons. The summed E-state index contributed by atoms with van der Waals surface area (Å²) in [6.45, 7) is 1.37. The molecule has 1 fully saturated rings. The van der Waals surface area contributed by atoms with Gasteiger partial charge >= 0.3 is 0 Å². The van der Waals surface area contributed by atoms with Gasteiger partial charge in [0.1, 0.15) is 12.3 Å². The molecular weight excluding hydrogens is 428 g/mol. The first-order chi connectivity index (χ1) is 14.1. The SMILES string of the molecule is COc1ccc(N(CC(=O)NC2CCS(=O)(=O)C2)S(=O)(=O)c2ccc(C)cc2)cc1. The van der Waals surface area contributed by atoms with Gasteiger partial charge in [0.05, 0.1) is 29.2 Å². The zero-order valence-electron chi connectivity index (χ0n) is 16.7. The van der Waals surface area contributed by atoms with Gasteiger partial charge in [-0.25, -0.2) is 16.8 Å². The summed E-state index contributed by atoms with van der Waals surface area (Å²) in [5.41, 5.74) is 1.20. The van der Waals surface area contributed by atoms with Gasteiger partial charge in [-0.2, -0.15) is 0 Å². The minimum Gasteiger partial charge on any atom is -0.497 e. The maximum Gasteiger partial charge on any atom is 0.264 e. The van der Waals surface area contributed by atoms with Crippen molar-refractivity contribution in [1.82, 2.24) is 5.32 Å². The smallest absolute Gasteiger partial charge is 0.264 e. The molecule has 0 radical (unpaired) electrons. The Bertz CT molecular complexity index is 1110. The Hall–Kier alpha value is -2.59. The maximum absolute atomic E-state index is 13.3. The molecule has 0 bridgehead atoms. The number of ether oxygens (including phenoxy) is 1. The van der Waals surface area contributed by atoms with Gasteiger partial charge in [0, 0.05) is 6.04 Å². The number of nitrogens with one attached hydrogen (secondary N) is 1. The van der Waals surface area contributed by atoms with Crippen LogP contribution in [0.5, 0.6) is 5.75 Å². The van der Waals surface area contributed by atoms with E-state index in [-0.39, 0.29) is 16.4 Å². The molecule has 2 aromatic carbocycles. The number of carbonyl (C=O) groups is 1. The number of benzene rings is 2. The van der Waals surface area contributed by atoms with Crippen LogP contribution >= 0.6 is 0 Å². The van der Waals surface area contributed by atoms with Crippen LogP contribution in [-0.2, 0) is 24.7 Å². The van der Waals surface area contributed by atoms with Crippen LogP contribution in [0, 0.1) is 6.92 Å². The number of hydrogen-bond acceptors (Lipinski definition) is 6. The Kier molecular flexibility index (Phi) is 6.37. The van der Waals surface area contributed by atoms with Crippen molar-refractivity contribution in [3.8, 4) is 5.75 Å². The van der Waals surface area contributed by atoms with Crippen molar-refractivity contribution >= 4 is 31.5 Å². The van der Waals surface area contributed by atoms with Crippen molar-refractivity contribution in [1.29, 1.82) is 0 Å². The van der Waals surface area contributed by atoms with Crippen LogP contribution in [0.3, 0.4) is 0 Å². The van der Waals surface area contributed by atoms with Crippen molar-refractivity contribution < 1.29 is 26.4 Å². The van der Waals surface area contributed by atoms with Crippen LogP contribution in [0.4, 0.5) is 5.69 Å². The summed E-state index contributed by atoms with van der Waals surface area (Å²) in [5, 5.41) is 2.64. The third-order valence-electron chi connectivity index (χ3n) is 4.85. The first-order valence-corrected chi connectivity index (χ1v) is 12.6. The molecule has 3 rings (SSSR count). The highest BCUT2D eigenvalue weighted by Gasteiger charge is 2.31. The monoisotopic (exact) mass is 452 g/mol. The van der Waals surface area contributed by atoms with Crippen molar-refractivity contribution in [3.05, 3.63) is 54.1 Å². The van der Waals surface area contributed by atoms with Gasteiger partial charge in [-0.05, 0) is 49.7 Å². The van der Waals surface area contributed by atoms with Gasteiger partial charge in [-0.3, -0.25) is 9.10 Å². The van der Waals surface area contributed by atoms with E-state index in [0.717, 1.165) is 9.87 Å². The molecule has 30 heavy (non-hydrogen) atoms. The highest BCUT2D eigenvalue weighted by molar-refractivity contribution is 7.93. The molecule has 8 nitrogen and oxygen atoms in total. The molecule has 1 atom stereocenters. The zero-order valence-corrected chi connectivity index (χ0v) is 18.4. The van der Waals surface area contributed by atoms with Crippen LogP contribution in [0.1, 0.15) is 12.0 Å². The molecule has 1 heterocycles. The van der Waals surface area contributed by atoms with Crippen LogP contribution in [0.25, 0.3) is 0 Å². The van der Waals surface area contributed by atoms with Crippen LogP contribution in [-0.4, -0.2) is 53.9 Å². The van der Waals surface area contributed by atoms with Crippen LogP contribution < -0.4 is 14.4 Å². The fourth-order valence-electron chi connectivity index (χ4n) is 3.21. The molecule has 1 unspecified atom stereocenters. The summed E-state index contributed by atoms with van der Waals surface area (Å²) in [7, 11) is -5.69. The predicted molar refractivity (Wildman–Crippen MR) is 114 cm³/mol. The number of anilines is 1. The zero-order chi connectivity index (χ0) is 21.9. The van der Waals surface area contributed by atoms with E-state index in [1.807, 2.05) is 6.92 Å². The van der Waals surface area contributed by atoms with Gasteiger partial charge in [-0.15, -0.1) is 0 Å². The van der Waals surface area contributed by atoms with E-state index < -0.39 is 38.4 Å². The van der Waals surface area contributed by atoms with Gasteiger partial charge in [0.25, 0.3) is 10.0 Å². The number of amides is 1. The van der Waals surface area contributed by atoms with E-state index in [9.17, 15) is 21.6 Å². The molecule has 1 aliphatic rings. The molecule has 1 saturated heterocycles. The molecule has 1 amide bonds. The van der Waals surface area contributed by atoms with E-state index in [1.165, 1.54) is 19.2 Å². The van der Waals surface area contributed by atoms with Crippen molar-refractivity contribution in [3.63, 3.8) is 0 Å². The third-order valence-corrected chi connectivity index (χ3v) is 8.41. The fraction of sp³-hybridized carbons (Fsp3) is 0.350. The Balaban J connectivity index is 1.89. The fourth-order valence-corrected chi connectivity index (χ4v) is 6.31. The van der Waals surface area contributed by atoms with Gasteiger partial charge in [0.15, 0.2) is 9.84 Å². The number of sulfone groups is 1. The lowest BCUT2D eigenvalue weighted by Gasteiger charge is -2.25. The lowest BCUT2D eigenvalue weighted by Crippen LogP contribution is -2.44. The second-order valence-electron chi connectivity index (χ2n) is 7.19. The van der Waals surface area contributed by atoms with Crippen molar-refractivity contribution in [2.45, 2.75) is 24.3 Å². The normalized spacial score (nSPS) is 18.0. The molecule has 0 spiro atoms. The third kappa shape index (κ3) is 5.11. The summed E-state index contributed by atoms with van der Waals surface area (Å²) in [5.74, 6) is -0.135. The number of sulfonamides is 1. The van der Waals surface area contributed by atoms with Crippen LogP contribution in [0.2, 0.25) is 0 Å². The van der Waals surface area contributed by atoms with Crippen LogP contribution in [0.15, 0.2) is 53.4 Å². The van der Waals surface area contributed by atoms with Gasteiger partial charge in [0.2, 0.25) is 5.91 Å². The molecule has 10 heteroatoms. The maximum atomic E-state index is 13.3. The van der Waals surface area contributed by atoms with Crippen molar-refractivity contribution in [2.75, 3.05) is 29.5 Å². The number of hydrogen-bond donors (Lipinski definition) is 1. The quantitative estimate of drug-likeness (QED) is 0.682. The lowest BCUT2D eigenvalue weighted by atomic mass is 10.2. The topological polar surface area (TPSA) is 110 Å². The van der Waals surface area contributed by atoms with E-state index in [2.05, 4.69) is 5.32 Å². The standard InChI is InChI=1S/C20H24N2O6S2/c1-15-3-9-19(10-4-15)30(26,27)22(17-5-7-18(28-2)8-6-17)13-20(23)21-16-11-12-29(24,25)14-16/h3-10,16H,11-14H2,1-2H3,(H,21,23). The molecule has 2 aromatic rings. The van der Waals surface area contributed by atoms with Gasteiger partial charge in [-0.1, -0.05) is 17.7 Å². The molecule has 0 aliphatic carbocycles. The average molecular weight is 453 g/mol. The Morgan fingerprint density at radius 2 is 1.77 bits per heavy atom. The van der Waals surface area contributed by atoms with Gasteiger partial charge < -0.3 is 10.1 Å². The summed E-state index contributed by atoms with van der Waals surface area (Å²) in [6.07, 6.45) is 0.321. The average Bonchev–Trinajstić information content (AvgIpc) is 3.04. The minimum atomic E-state index is -4.03. The summed E-state index contributed by atoms with van der Waals surface area (Å²) >= 11 is 0. The summed E-state index contributed by atoms with van der Waals surface area (Å²) in [4.78, 5) is 12.7. The lowest BCUT2D eigenvalue weighted by molar-refractivity contribution is -0.120. The molecule has 0 saturated carbocycles. The predicted octanol–water partition coefficient (Wildman–Crippen LogP) is 1.50. The first kappa shape index (κ1) is 22.1. The molecule has 0 aromatic heterocycles. The molecule has 1 N–H and O–H groups in total. The summed E-state index contributed by atoms with van der Waals surface area (Å²) < 4.78 is 56.0. The Labute approximate surface area is 176 Å². The number of nitrogens with zero attached hydrogens (tertiary/aromatic N) is 1. The summed E-state index contributed by atoms with van der Waals surface area (Å²) in [6, 6.07) is 12.1. The number of aryl methyl sites for hydroxylation is 1. The highest BCUT2D eigenvalue weighted by Crippen LogP contribution is 2.26.